The molecule has 1 N–H and O–H groups in total. The van der Waals surface area contributed by atoms with Crippen molar-refractivity contribution in [3.8, 4) is 0 Å². The summed E-state index contributed by atoms with van der Waals surface area (Å²) < 4.78 is -0.599. The Morgan fingerprint density at radius 2 is 2.25 bits per heavy atom. The van der Waals surface area contributed by atoms with Crippen molar-refractivity contribution in [2.45, 2.75) is 36.1 Å². The third kappa shape index (κ3) is 1.31. The van der Waals surface area contributed by atoms with E-state index < -0.39 is 22.8 Å². The van der Waals surface area contributed by atoms with Crippen molar-refractivity contribution in [3.05, 3.63) is 0 Å². The zero-order valence-corrected chi connectivity index (χ0v) is 9.61. The molecular formula is C9H11N2O4S-. The van der Waals surface area contributed by atoms with E-state index in [1.807, 2.05) is 0 Å². The molecule has 88 valence electrons. The molecular weight excluding hydrogens is 232 g/mol. The van der Waals surface area contributed by atoms with Gasteiger partial charge >= 0.3 is 0 Å². The third-order valence-corrected chi connectivity index (χ3v) is 4.48. The first kappa shape index (κ1) is 11.3. The van der Waals surface area contributed by atoms with Crippen molar-refractivity contribution in [2.75, 3.05) is 0 Å². The first-order valence-electron chi connectivity index (χ1n) is 4.80. The quantitative estimate of drug-likeness (QED) is 0.453. The fourth-order valence-electron chi connectivity index (χ4n) is 2.22. The Hall–Kier alpha value is -1.24. The van der Waals surface area contributed by atoms with Crippen LogP contribution in [0.25, 0.3) is 0 Å². The number of aliphatic carboxylic acids is 1. The van der Waals surface area contributed by atoms with Gasteiger partial charge in [0.1, 0.15) is 11.4 Å². The van der Waals surface area contributed by atoms with Gasteiger partial charge in [-0.2, -0.15) is 0 Å². The van der Waals surface area contributed by atoms with Gasteiger partial charge in [-0.25, -0.2) is 0 Å². The van der Waals surface area contributed by atoms with Gasteiger partial charge in [0.25, 0.3) is 0 Å². The van der Waals surface area contributed by atoms with Gasteiger partial charge in [0.15, 0.2) is 0 Å². The number of rotatable bonds is 3. The van der Waals surface area contributed by atoms with Gasteiger partial charge in [-0.15, -0.1) is 11.8 Å². The van der Waals surface area contributed by atoms with E-state index in [0.29, 0.717) is 6.41 Å². The number of hydrogen-bond donors (Lipinski definition) is 1. The number of nitrogens with one attached hydrogen (secondary N) is 1. The van der Waals surface area contributed by atoms with E-state index in [1.54, 1.807) is 13.8 Å². The van der Waals surface area contributed by atoms with Crippen LogP contribution in [0.4, 0.5) is 0 Å². The van der Waals surface area contributed by atoms with E-state index >= 15 is 0 Å². The molecule has 0 aromatic carbocycles. The predicted molar refractivity (Wildman–Crippen MR) is 54.1 cm³/mol. The molecule has 3 atom stereocenters. The van der Waals surface area contributed by atoms with E-state index in [0.717, 1.165) is 0 Å². The molecule has 2 rings (SSSR count). The fraction of sp³-hybridized carbons (Fsp3) is 0.667. The summed E-state index contributed by atoms with van der Waals surface area (Å²) in [5, 5.41) is 13.1. The number of nitrogens with zero attached hydrogens (tertiary/aromatic N) is 1. The zero-order chi connectivity index (χ0) is 12.1. The van der Waals surface area contributed by atoms with E-state index in [9.17, 15) is 19.5 Å². The van der Waals surface area contributed by atoms with Crippen LogP contribution in [0.3, 0.4) is 0 Å². The molecule has 0 spiro atoms. The van der Waals surface area contributed by atoms with Crippen LogP contribution in [0.15, 0.2) is 0 Å². The molecule has 2 aliphatic heterocycles. The monoisotopic (exact) mass is 243 g/mol. The summed E-state index contributed by atoms with van der Waals surface area (Å²) in [5.74, 6) is -1.61. The van der Waals surface area contributed by atoms with Crippen LogP contribution in [-0.2, 0) is 14.4 Å². The van der Waals surface area contributed by atoms with Crippen LogP contribution in [-0.4, -0.2) is 45.4 Å². The molecule has 2 heterocycles. The first-order chi connectivity index (χ1) is 7.40. The number of carbonyl (C=O) groups is 3. The lowest BCUT2D eigenvalue weighted by molar-refractivity contribution is -0.312. The summed E-state index contributed by atoms with van der Waals surface area (Å²) in [7, 11) is 0. The summed E-state index contributed by atoms with van der Waals surface area (Å²) in [6, 6.07) is -1.54. The normalized spacial score (nSPS) is 35.2. The molecule has 2 aliphatic rings. The van der Waals surface area contributed by atoms with Crippen LogP contribution in [0, 0.1) is 0 Å². The molecule has 16 heavy (non-hydrogen) atoms. The summed E-state index contributed by atoms with van der Waals surface area (Å²) in [4.78, 5) is 34.2. The lowest BCUT2D eigenvalue weighted by Crippen LogP contribution is -2.70. The van der Waals surface area contributed by atoms with Gasteiger partial charge in [0.05, 0.1) is 12.0 Å². The minimum Gasteiger partial charge on any atom is -0.548 e. The van der Waals surface area contributed by atoms with Crippen molar-refractivity contribution < 1.29 is 19.5 Å². The van der Waals surface area contributed by atoms with Gasteiger partial charge in [-0.3, -0.25) is 9.59 Å². The van der Waals surface area contributed by atoms with Crippen molar-refractivity contribution in [1.29, 1.82) is 0 Å². The average Bonchev–Trinajstić information content (AvgIpc) is 2.43. The lowest BCUT2D eigenvalue weighted by atomic mass is 9.96. The Bertz CT molecular complexity index is 371. The van der Waals surface area contributed by atoms with Gasteiger partial charge in [0, 0.05) is 4.75 Å². The van der Waals surface area contributed by atoms with Crippen LogP contribution >= 0.6 is 11.8 Å². The van der Waals surface area contributed by atoms with Gasteiger partial charge in [0.2, 0.25) is 12.3 Å². The highest BCUT2D eigenvalue weighted by molar-refractivity contribution is 8.01. The molecule has 6 nitrogen and oxygen atoms in total. The van der Waals surface area contributed by atoms with Crippen LogP contribution in [0.1, 0.15) is 13.8 Å². The van der Waals surface area contributed by atoms with E-state index in [4.69, 9.17) is 0 Å². The maximum atomic E-state index is 11.6. The van der Waals surface area contributed by atoms with Crippen LogP contribution in [0.2, 0.25) is 0 Å². The number of amides is 2. The minimum absolute atomic E-state index is 0.296. The number of carbonyl (C=O) groups excluding carboxylic acids is 3. The molecule has 1 unspecified atom stereocenters. The highest BCUT2D eigenvalue weighted by Gasteiger charge is 2.61. The molecule has 2 amide bonds. The lowest BCUT2D eigenvalue weighted by Gasteiger charge is -2.44. The Kier molecular flexibility index (Phi) is 2.37. The third-order valence-electron chi connectivity index (χ3n) is 2.91. The molecule has 0 radical (unpaired) electrons. The first-order valence-corrected chi connectivity index (χ1v) is 5.68. The predicted octanol–water partition coefficient (Wildman–Crippen LogP) is -2.09. The SMILES string of the molecule is CC1(C)SC2[C@H](NC=O)C(=O)N2[C@H]1C(=O)[O-]. The standard InChI is InChI=1S/C9H12N2O4S/c1-9(2)5(8(14)15)11-6(13)4(10-3-12)7(11)16-9/h3-5,7H,1-2H3,(H,10,12)(H,14,15)/p-1/t4-,5+,7?/m1/s1. The second-order valence-electron chi connectivity index (χ2n) is 4.34. The van der Waals surface area contributed by atoms with E-state index in [2.05, 4.69) is 5.32 Å². The van der Waals surface area contributed by atoms with Gasteiger partial charge < -0.3 is 20.1 Å². The smallest absolute Gasteiger partial charge is 0.249 e. The molecule has 0 aliphatic carbocycles. The zero-order valence-electron chi connectivity index (χ0n) is 8.80. The van der Waals surface area contributed by atoms with Crippen LogP contribution < -0.4 is 10.4 Å². The number of fused-ring (bicyclic) bond motifs is 1. The second kappa shape index (κ2) is 3.38. The van der Waals surface area contributed by atoms with E-state index in [1.165, 1.54) is 16.7 Å². The van der Waals surface area contributed by atoms with Gasteiger partial charge in [-0.1, -0.05) is 0 Å². The summed E-state index contributed by atoms with van der Waals surface area (Å²) in [6.07, 6.45) is 0.458. The highest BCUT2D eigenvalue weighted by Crippen LogP contribution is 2.50. The Morgan fingerprint density at radius 1 is 1.62 bits per heavy atom. The van der Waals surface area contributed by atoms with Gasteiger partial charge in [-0.05, 0) is 13.8 Å². The molecule has 7 heteroatoms. The second-order valence-corrected chi connectivity index (χ2v) is 6.11. The Morgan fingerprint density at radius 3 is 2.75 bits per heavy atom. The molecule has 0 saturated carbocycles. The van der Waals surface area contributed by atoms with Crippen molar-refractivity contribution in [1.82, 2.24) is 10.2 Å². The van der Waals surface area contributed by atoms with Crippen LogP contribution in [0.5, 0.6) is 0 Å². The van der Waals surface area contributed by atoms with Crippen molar-refractivity contribution in [3.63, 3.8) is 0 Å². The summed E-state index contributed by atoms with van der Waals surface area (Å²) in [6.45, 7) is 3.50. The fourth-order valence-corrected chi connectivity index (χ4v) is 3.85. The molecule has 2 fully saturated rings. The Labute approximate surface area is 96.4 Å². The maximum absolute atomic E-state index is 11.6. The number of thioether (sulfide) groups is 1. The molecule has 2 saturated heterocycles. The topological polar surface area (TPSA) is 89.5 Å². The minimum atomic E-state index is -1.25. The number of carboxylic acid groups (broad SMARTS) is 1. The number of hydrogen-bond acceptors (Lipinski definition) is 5. The largest absolute Gasteiger partial charge is 0.548 e. The van der Waals surface area contributed by atoms with Crippen molar-refractivity contribution in [2.24, 2.45) is 0 Å². The molecule has 0 bridgehead atoms. The highest BCUT2D eigenvalue weighted by atomic mass is 32.2. The maximum Gasteiger partial charge on any atom is 0.249 e. The van der Waals surface area contributed by atoms with Crippen molar-refractivity contribution >= 4 is 30.0 Å². The molecule has 0 aromatic rings. The number of β-lactam (4-membered cyclic amide) rings is 1. The summed E-state index contributed by atoms with van der Waals surface area (Å²) in [5.41, 5.74) is 0. The average molecular weight is 243 g/mol. The Balaban J connectivity index is 2.24. The summed E-state index contributed by atoms with van der Waals surface area (Å²) >= 11 is 1.37. The number of carboxylic acids is 1. The molecule has 0 aromatic heterocycles. The van der Waals surface area contributed by atoms with E-state index in [-0.39, 0.29) is 11.3 Å².